The quantitative estimate of drug-likeness (QED) is 0.800. The van der Waals surface area contributed by atoms with E-state index >= 15 is 0 Å². The van der Waals surface area contributed by atoms with Gasteiger partial charge in [0.2, 0.25) is 0 Å². The summed E-state index contributed by atoms with van der Waals surface area (Å²) in [7, 11) is 1.91. The van der Waals surface area contributed by atoms with Gasteiger partial charge in [-0.1, -0.05) is 0 Å². The topological polar surface area (TPSA) is 64.7 Å². The third kappa shape index (κ3) is 2.44. The number of carbonyl (C=O) groups is 1. The van der Waals surface area contributed by atoms with Gasteiger partial charge in [0.25, 0.3) is 5.91 Å². The fourth-order valence-corrected chi connectivity index (χ4v) is 3.28. The van der Waals surface area contributed by atoms with E-state index in [2.05, 4.69) is 15.5 Å². The van der Waals surface area contributed by atoms with Crippen LogP contribution in [0.4, 0.5) is 0 Å². The van der Waals surface area contributed by atoms with Gasteiger partial charge in [-0.3, -0.25) is 14.2 Å². The van der Waals surface area contributed by atoms with Crippen LogP contribution < -0.4 is 5.32 Å². The third-order valence-corrected chi connectivity index (χ3v) is 4.50. The lowest BCUT2D eigenvalue weighted by Crippen LogP contribution is -2.27. The van der Waals surface area contributed by atoms with Crippen LogP contribution in [0.1, 0.15) is 20.9 Å². The highest BCUT2D eigenvalue weighted by Gasteiger charge is 2.13. The predicted molar refractivity (Wildman–Crippen MR) is 82.6 cm³/mol. The molecule has 0 atom stereocenters. The van der Waals surface area contributed by atoms with Crippen LogP contribution in [0.15, 0.2) is 17.6 Å². The Hall–Kier alpha value is -2.15. The van der Waals surface area contributed by atoms with E-state index < -0.39 is 0 Å². The molecule has 110 valence electrons. The summed E-state index contributed by atoms with van der Waals surface area (Å²) in [6.07, 6.45) is 1.81. The zero-order chi connectivity index (χ0) is 15.0. The van der Waals surface area contributed by atoms with E-state index in [1.54, 1.807) is 6.20 Å². The number of rotatable bonds is 4. The smallest absolute Gasteiger partial charge is 0.261 e. The van der Waals surface area contributed by atoms with Gasteiger partial charge in [0.05, 0.1) is 23.3 Å². The SMILES string of the molecule is Cc1ccsc1C(=O)NCCn1ncc2c1c(C)nn2C. The Kier molecular flexibility index (Phi) is 3.50. The van der Waals surface area contributed by atoms with Crippen LogP contribution in [0.25, 0.3) is 11.0 Å². The van der Waals surface area contributed by atoms with Crippen LogP contribution in [-0.4, -0.2) is 32.0 Å². The first-order valence-corrected chi connectivity index (χ1v) is 7.63. The summed E-state index contributed by atoms with van der Waals surface area (Å²) in [6.45, 7) is 5.09. The summed E-state index contributed by atoms with van der Waals surface area (Å²) >= 11 is 1.47. The lowest BCUT2D eigenvalue weighted by molar-refractivity contribution is 0.0955. The van der Waals surface area contributed by atoms with Crippen molar-refractivity contribution in [2.45, 2.75) is 20.4 Å². The number of aromatic nitrogens is 4. The molecule has 3 rings (SSSR count). The lowest BCUT2D eigenvalue weighted by Gasteiger charge is -2.05. The molecule has 3 heterocycles. The van der Waals surface area contributed by atoms with Crippen molar-refractivity contribution in [3.8, 4) is 0 Å². The maximum atomic E-state index is 12.0. The molecule has 0 fully saturated rings. The van der Waals surface area contributed by atoms with Gasteiger partial charge < -0.3 is 5.32 Å². The largest absolute Gasteiger partial charge is 0.349 e. The van der Waals surface area contributed by atoms with Crippen LogP contribution >= 0.6 is 11.3 Å². The Morgan fingerprint density at radius 3 is 2.95 bits per heavy atom. The van der Waals surface area contributed by atoms with E-state index in [1.165, 1.54) is 11.3 Å². The summed E-state index contributed by atoms with van der Waals surface area (Å²) in [5.74, 6) is -0.0196. The maximum Gasteiger partial charge on any atom is 0.261 e. The highest BCUT2D eigenvalue weighted by Crippen LogP contribution is 2.17. The number of carbonyl (C=O) groups excluding carboxylic acids is 1. The van der Waals surface area contributed by atoms with Crippen molar-refractivity contribution < 1.29 is 4.79 Å². The van der Waals surface area contributed by atoms with Crippen LogP contribution in [-0.2, 0) is 13.6 Å². The average molecular weight is 303 g/mol. The minimum atomic E-state index is -0.0196. The van der Waals surface area contributed by atoms with Crippen molar-refractivity contribution in [3.63, 3.8) is 0 Å². The van der Waals surface area contributed by atoms with Crippen molar-refractivity contribution in [2.75, 3.05) is 6.54 Å². The molecule has 6 nitrogen and oxygen atoms in total. The molecule has 7 heteroatoms. The Morgan fingerprint density at radius 1 is 1.43 bits per heavy atom. The van der Waals surface area contributed by atoms with Crippen molar-refractivity contribution in [2.24, 2.45) is 7.05 Å². The molecule has 0 bridgehead atoms. The normalized spacial score (nSPS) is 11.2. The molecule has 0 radical (unpaired) electrons. The Morgan fingerprint density at radius 2 is 2.24 bits per heavy atom. The Balaban J connectivity index is 1.67. The summed E-state index contributed by atoms with van der Waals surface area (Å²) in [5.41, 5.74) is 4.00. The first-order chi connectivity index (χ1) is 10.1. The molecule has 3 aromatic heterocycles. The van der Waals surface area contributed by atoms with Gasteiger partial charge in [0.15, 0.2) is 0 Å². The summed E-state index contributed by atoms with van der Waals surface area (Å²) in [4.78, 5) is 12.8. The van der Waals surface area contributed by atoms with Gasteiger partial charge >= 0.3 is 0 Å². The van der Waals surface area contributed by atoms with E-state index in [0.29, 0.717) is 13.1 Å². The minimum absolute atomic E-state index is 0.0196. The molecule has 0 saturated heterocycles. The molecule has 21 heavy (non-hydrogen) atoms. The van der Waals surface area contributed by atoms with Crippen molar-refractivity contribution in [1.82, 2.24) is 24.9 Å². The molecule has 0 aliphatic carbocycles. The monoisotopic (exact) mass is 303 g/mol. The molecule has 1 N–H and O–H groups in total. The van der Waals surface area contributed by atoms with Gasteiger partial charge in [0, 0.05) is 13.6 Å². The molecular formula is C14H17N5OS. The second kappa shape index (κ2) is 5.33. The van der Waals surface area contributed by atoms with Crippen molar-refractivity contribution in [3.05, 3.63) is 33.8 Å². The number of fused-ring (bicyclic) bond motifs is 1. The fraction of sp³-hybridized carbons (Fsp3) is 0.357. The second-order valence-corrected chi connectivity index (χ2v) is 5.92. The van der Waals surface area contributed by atoms with E-state index in [1.807, 2.05) is 41.7 Å². The van der Waals surface area contributed by atoms with E-state index in [9.17, 15) is 4.79 Å². The van der Waals surface area contributed by atoms with Gasteiger partial charge in [-0.05, 0) is 30.9 Å². The van der Waals surface area contributed by atoms with E-state index in [-0.39, 0.29) is 5.91 Å². The molecule has 0 saturated carbocycles. The zero-order valence-electron chi connectivity index (χ0n) is 12.3. The number of thiophene rings is 1. The highest BCUT2D eigenvalue weighted by atomic mass is 32.1. The molecule has 0 spiro atoms. The summed E-state index contributed by atoms with van der Waals surface area (Å²) < 4.78 is 3.71. The number of nitrogens with one attached hydrogen (secondary N) is 1. The number of aryl methyl sites for hydroxylation is 3. The minimum Gasteiger partial charge on any atom is -0.349 e. The van der Waals surface area contributed by atoms with Crippen LogP contribution in [0.3, 0.4) is 0 Å². The fourth-order valence-electron chi connectivity index (χ4n) is 2.44. The van der Waals surface area contributed by atoms with Crippen LogP contribution in [0.5, 0.6) is 0 Å². The molecule has 1 amide bonds. The number of hydrogen-bond donors (Lipinski definition) is 1. The standard InChI is InChI=1S/C14H17N5OS/c1-9-4-7-21-13(9)14(20)15-5-6-19-12-10(2)17-18(3)11(12)8-16-19/h4,7-8H,5-6H2,1-3H3,(H,15,20). The van der Waals surface area contributed by atoms with E-state index in [4.69, 9.17) is 0 Å². The lowest BCUT2D eigenvalue weighted by atomic mass is 10.3. The molecule has 0 aliphatic heterocycles. The highest BCUT2D eigenvalue weighted by molar-refractivity contribution is 7.12. The first kappa shape index (κ1) is 13.8. The van der Waals surface area contributed by atoms with Gasteiger partial charge in [0.1, 0.15) is 11.0 Å². The Bertz CT molecular complexity index is 798. The van der Waals surface area contributed by atoms with Gasteiger partial charge in [-0.15, -0.1) is 11.3 Å². The summed E-state index contributed by atoms with van der Waals surface area (Å²) in [6, 6.07) is 1.95. The predicted octanol–water partition coefficient (Wildman–Crippen LogP) is 1.88. The van der Waals surface area contributed by atoms with Crippen molar-refractivity contribution in [1.29, 1.82) is 0 Å². The zero-order valence-corrected chi connectivity index (χ0v) is 13.1. The average Bonchev–Trinajstić information content (AvgIpc) is 3.10. The molecule has 0 aromatic carbocycles. The van der Waals surface area contributed by atoms with Gasteiger partial charge in [-0.25, -0.2) is 0 Å². The number of nitrogens with zero attached hydrogens (tertiary/aromatic N) is 4. The van der Waals surface area contributed by atoms with Crippen LogP contribution in [0.2, 0.25) is 0 Å². The van der Waals surface area contributed by atoms with E-state index in [0.717, 1.165) is 27.2 Å². The Labute approximate surface area is 126 Å². The molecule has 0 aliphatic rings. The summed E-state index contributed by atoms with van der Waals surface area (Å²) in [5, 5.41) is 13.6. The number of hydrogen-bond acceptors (Lipinski definition) is 4. The maximum absolute atomic E-state index is 12.0. The molecule has 3 aromatic rings. The second-order valence-electron chi connectivity index (χ2n) is 5.00. The molecular weight excluding hydrogens is 286 g/mol. The number of amides is 1. The van der Waals surface area contributed by atoms with Gasteiger partial charge in [-0.2, -0.15) is 10.2 Å². The first-order valence-electron chi connectivity index (χ1n) is 6.75. The van der Waals surface area contributed by atoms with Crippen molar-refractivity contribution >= 4 is 28.3 Å². The third-order valence-electron chi connectivity index (χ3n) is 3.49. The molecule has 0 unspecified atom stereocenters. The van der Waals surface area contributed by atoms with Crippen LogP contribution in [0, 0.1) is 13.8 Å².